The minimum Gasteiger partial charge on any atom is -0.433 e. The van der Waals surface area contributed by atoms with Crippen molar-refractivity contribution in [2.75, 3.05) is 58.5 Å². The van der Waals surface area contributed by atoms with Gasteiger partial charge in [-0.2, -0.15) is 8.78 Å². The number of alkyl halides is 2. The highest BCUT2D eigenvalue weighted by atomic mass is 127. The molecule has 1 aromatic carbocycles. The van der Waals surface area contributed by atoms with Crippen LogP contribution in [0.2, 0.25) is 0 Å². The van der Waals surface area contributed by atoms with Crippen LogP contribution in [0.4, 0.5) is 14.5 Å². The number of guanidine groups is 1. The van der Waals surface area contributed by atoms with E-state index in [2.05, 4.69) is 20.4 Å². The van der Waals surface area contributed by atoms with Crippen LogP contribution in [0.15, 0.2) is 29.3 Å². The summed E-state index contributed by atoms with van der Waals surface area (Å²) in [6.45, 7) is 0.900. The first-order valence-electron chi connectivity index (χ1n) is 8.96. The molecule has 28 heavy (non-hydrogen) atoms. The number of rotatable bonds is 10. The van der Waals surface area contributed by atoms with Crippen LogP contribution in [0.5, 0.6) is 5.75 Å². The first-order valence-corrected chi connectivity index (χ1v) is 8.96. The number of benzene rings is 1. The van der Waals surface area contributed by atoms with Crippen molar-refractivity contribution in [3.05, 3.63) is 24.3 Å². The lowest BCUT2D eigenvalue weighted by Crippen LogP contribution is -2.45. The van der Waals surface area contributed by atoms with Gasteiger partial charge in [-0.25, -0.2) is 0 Å². The van der Waals surface area contributed by atoms with E-state index in [1.807, 2.05) is 11.0 Å². The fraction of sp³-hybridized carbons (Fsp3) is 0.611. The molecule has 0 aromatic heterocycles. The molecule has 1 atom stereocenters. The lowest BCUT2D eigenvalue weighted by molar-refractivity contribution is -0.0495. The van der Waals surface area contributed by atoms with Crippen LogP contribution in [0.25, 0.3) is 0 Å². The summed E-state index contributed by atoms with van der Waals surface area (Å²) in [5.41, 5.74) is 0.677. The molecule has 0 saturated carbocycles. The molecule has 1 heterocycles. The Balaban J connectivity index is 0.00000392. The van der Waals surface area contributed by atoms with Gasteiger partial charge >= 0.3 is 6.61 Å². The van der Waals surface area contributed by atoms with Gasteiger partial charge < -0.3 is 29.7 Å². The van der Waals surface area contributed by atoms with Crippen LogP contribution in [0.1, 0.15) is 6.42 Å². The second-order valence-corrected chi connectivity index (χ2v) is 6.03. The molecule has 1 aliphatic heterocycles. The van der Waals surface area contributed by atoms with Crippen LogP contribution in [-0.4, -0.2) is 72.2 Å². The Labute approximate surface area is 181 Å². The van der Waals surface area contributed by atoms with Gasteiger partial charge in [-0.15, -0.1) is 24.0 Å². The van der Waals surface area contributed by atoms with Crippen molar-refractivity contribution in [1.29, 1.82) is 0 Å². The molecule has 0 spiro atoms. The second-order valence-electron chi connectivity index (χ2n) is 6.03. The van der Waals surface area contributed by atoms with Crippen molar-refractivity contribution in [1.82, 2.24) is 10.6 Å². The third-order valence-electron chi connectivity index (χ3n) is 4.15. The van der Waals surface area contributed by atoms with Gasteiger partial charge in [-0.3, -0.25) is 4.99 Å². The van der Waals surface area contributed by atoms with E-state index in [-0.39, 0.29) is 35.8 Å². The molecule has 1 saturated heterocycles. The Kier molecular flexibility index (Phi) is 12.1. The van der Waals surface area contributed by atoms with E-state index >= 15 is 0 Å². The molecule has 0 radical (unpaired) electrons. The summed E-state index contributed by atoms with van der Waals surface area (Å²) in [7, 11) is 3.34. The van der Waals surface area contributed by atoms with E-state index in [0.29, 0.717) is 44.6 Å². The fourth-order valence-corrected chi connectivity index (χ4v) is 2.88. The number of nitrogens with zero attached hydrogens (tertiary/aromatic N) is 2. The van der Waals surface area contributed by atoms with Crippen molar-refractivity contribution >= 4 is 35.6 Å². The minimum atomic E-state index is -2.84. The fourth-order valence-electron chi connectivity index (χ4n) is 2.88. The summed E-state index contributed by atoms with van der Waals surface area (Å²) >= 11 is 0. The second kappa shape index (κ2) is 13.7. The van der Waals surface area contributed by atoms with Crippen molar-refractivity contribution in [2.45, 2.75) is 19.1 Å². The van der Waals surface area contributed by atoms with Gasteiger partial charge in [0.1, 0.15) is 5.75 Å². The van der Waals surface area contributed by atoms with Crippen LogP contribution in [0.3, 0.4) is 0 Å². The molecule has 2 rings (SSSR count). The topological polar surface area (TPSA) is 67.4 Å². The number of hydrogen-bond acceptors (Lipinski definition) is 5. The van der Waals surface area contributed by atoms with Gasteiger partial charge in [0.05, 0.1) is 25.5 Å². The molecule has 1 aromatic rings. The standard InChI is InChI=1S/C18H28F2N4O3.HI/c1-21-18(22-8-10-26-12-11-25-2)23-14-7-9-24(13-14)15-5-3-4-6-16(15)27-17(19)20;/h3-6,14,17H,7-13H2,1-2H3,(H2,21,22,23);1H. The van der Waals surface area contributed by atoms with Crippen LogP contribution < -0.4 is 20.3 Å². The normalized spacial score (nSPS) is 16.8. The SMILES string of the molecule is CN=C(NCCOCCOC)NC1CCN(c2ccccc2OC(F)F)C1.I. The maximum atomic E-state index is 12.6. The summed E-state index contributed by atoms with van der Waals surface area (Å²) in [5.74, 6) is 0.887. The van der Waals surface area contributed by atoms with Crippen LogP contribution in [0, 0.1) is 0 Å². The number of methoxy groups -OCH3 is 1. The monoisotopic (exact) mass is 514 g/mol. The van der Waals surface area contributed by atoms with Gasteiger partial charge in [0.2, 0.25) is 0 Å². The van der Waals surface area contributed by atoms with E-state index in [4.69, 9.17) is 9.47 Å². The zero-order valence-corrected chi connectivity index (χ0v) is 18.5. The predicted molar refractivity (Wildman–Crippen MR) is 116 cm³/mol. The smallest absolute Gasteiger partial charge is 0.387 e. The number of aliphatic imine (C=N–C) groups is 1. The Bertz CT molecular complexity index is 596. The van der Waals surface area contributed by atoms with Crippen molar-refractivity contribution in [3.63, 3.8) is 0 Å². The average molecular weight is 514 g/mol. The lowest BCUT2D eigenvalue weighted by atomic mass is 10.2. The van der Waals surface area contributed by atoms with Crippen molar-refractivity contribution in [3.8, 4) is 5.75 Å². The van der Waals surface area contributed by atoms with E-state index in [1.54, 1.807) is 32.4 Å². The van der Waals surface area contributed by atoms with Crippen molar-refractivity contribution in [2.24, 2.45) is 4.99 Å². The highest BCUT2D eigenvalue weighted by Gasteiger charge is 2.25. The van der Waals surface area contributed by atoms with Gasteiger partial charge in [-0.1, -0.05) is 12.1 Å². The molecule has 10 heteroatoms. The van der Waals surface area contributed by atoms with E-state index < -0.39 is 6.61 Å². The Morgan fingerprint density at radius 1 is 1.29 bits per heavy atom. The van der Waals surface area contributed by atoms with E-state index in [9.17, 15) is 8.78 Å². The maximum Gasteiger partial charge on any atom is 0.387 e. The van der Waals surface area contributed by atoms with Gasteiger partial charge in [0, 0.05) is 39.8 Å². The first-order chi connectivity index (χ1) is 13.1. The Morgan fingerprint density at radius 2 is 2.07 bits per heavy atom. The average Bonchev–Trinajstić information content (AvgIpc) is 3.12. The molecule has 0 amide bonds. The van der Waals surface area contributed by atoms with Gasteiger partial charge in [-0.05, 0) is 18.6 Å². The largest absolute Gasteiger partial charge is 0.433 e. The number of halogens is 3. The van der Waals surface area contributed by atoms with Crippen molar-refractivity contribution < 1.29 is 23.0 Å². The highest BCUT2D eigenvalue weighted by molar-refractivity contribution is 14.0. The Morgan fingerprint density at radius 3 is 2.79 bits per heavy atom. The zero-order valence-electron chi connectivity index (χ0n) is 16.2. The highest BCUT2D eigenvalue weighted by Crippen LogP contribution is 2.31. The summed E-state index contributed by atoms with van der Waals surface area (Å²) in [6, 6.07) is 7.02. The molecule has 1 aliphatic rings. The molecule has 1 unspecified atom stereocenters. The molecule has 2 N–H and O–H groups in total. The molecule has 160 valence electrons. The summed E-state index contributed by atoms with van der Waals surface area (Å²) in [6.07, 6.45) is 0.869. The maximum absolute atomic E-state index is 12.6. The quantitative estimate of drug-likeness (QED) is 0.216. The summed E-state index contributed by atoms with van der Waals surface area (Å²) in [5, 5.41) is 6.55. The Hall–Kier alpha value is -1.40. The summed E-state index contributed by atoms with van der Waals surface area (Å²) in [4.78, 5) is 6.25. The minimum absolute atomic E-state index is 0. The summed E-state index contributed by atoms with van der Waals surface area (Å²) < 4.78 is 40.2. The van der Waals surface area contributed by atoms with Gasteiger partial charge in [0.25, 0.3) is 0 Å². The van der Waals surface area contributed by atoms with Crippen LogP contribution in [-0.2, 0) is 9.47 Å². The number of ether oxygens (including phenoxy) is 3. The third kappa shape index (κ3) is 8.31. The third-order valence-corrected chi connectivity index (χ3v) is 4.15. The van der Waals surface area contributed by atoms with Crippen LogP contribution >= 0.6 is 24.0 Å². The lowest BCUT2D eigenvalue weighted by Gasteiger charge is -2.22. The zero-order chi connectivity index (χ0) is 19.5. The molecule has 0 aliphatic carbocycles. The molecule has 7 nitrogen and oxygen atoms in total. The molecule has 0 bridgehead atoms. The number of hydrogen-bond donors (Lipinski definition) is 2. The van der Waals surface area contributed by atoms with Gasteiger partial charge in [0.15, 0.2) is 5.96 Å². The van der Waals surface area contributed by atoms with E-state index in [1.165, 1.54) is 0 Å². The number of anilines is 1. The molecular weight excluding hydrogens is 485 g/mol. The first kappa shape index (κ1) is 24.6. The number of nitrogens with one attached hydrogen (secondary N) is 2. The predicted octanol–water partition coefficient (Wildman–Crippen LogP) is 2.31. The van der Waals surface area contributed by atoms with E-state index in [0.717, 1.165) is 13.0 Å². The number of para-hydroxylation sites is 2. The molecular formula is C18H29F2IN4O3. The molecule has 1 fully saturated rings.